The van der Waals surface area contributed by atoms with Crippen molar-refractivity contribution in [1.29, 1.82) is 0 Å². The highest BCUT2D eigenvalue weighted by Crippen LogP contribution is 2.21. The molecule has 0 saturated heterocycles. The zero-order valence-corrected chi connectivity index (χ0v) is 13.5. The number of nitrogen functional groups attached to an aromatic ring is 1. The number of halogens is 1. The Hall–Kier alpha value is -0.840. The number of hydrogen-bond donors (Lipinski definition) is 1. The minimum Gasteiger partial charge on any atom is -0.399 e. The van der Waals surface area contributed by atoms with E-state index in [9.17, 15) is 0 Å². The van der Waals surface area contributed by atoms with Gasteiger partial charge in [0, 0.05) is 12.2 Å². The SMILES string of the molecule is CN(CCCc1cccc(N)c1)Cc1csc(Br)c1. The number of aryl methyl sites for hydroxylation is 1. The number of anilines is 1. The van der Waals surface area contributed by atoms with Gasteiger partial charge in [-0.15, -0.1) is 11.3 Å². The predicted octanol–water partition coefficient (Wildman–Crippen LogP) is 4.16. The van der Waals surface area contributed by atoms with Gasteiger partial charge in [0.1, 0.15) is 0 Å². The lowest BCUT2D eigenvalue weighted by Crippen LogP contribution is -2.19. The van der Waals surface area contributed by atoms with E-state index >= 15 is 0 Å². The van der Waals surface area contributed by atoms with Gasteiger partial charge in [0.2, 0.25) is 0 Å². The first kappa shape index (κ1) is 14.6. The number of nitrogens with two attached hydrogens (primary N) is 1. The van der Waals surface area contributed by atoms with Crippen LogP contribution in [0.2, 0.25) is 0 Å². The third-order valence-electron chi connectivity index (χ3n) is 3.03. The van der Waals surface area contributed by atoms with E-state index in [1.54, 1.807) is 11.3 Å². The van der Waals surface area contributed by atoms with Crippen LogP contribution in [0.5, 0.6) is 0 Å². The molecule has 2 N–H and O–H groups in total. The van der Waals surface area contributed by atoms with Gasteiger partial charge in [0.05, 0.1) is 3.79 Å². The molecule has 0 bridgehead atoms. The van der Waals surface area contributed by atoms with Crippen LogP contribution in [0.4, 0.5) is 5.69 Å². The van der Waals surface area contributed by atoms with Crippen molar-refractivity contribution < 1.29 is 0 Å². The summed E-state index contributed by atoms with van der Waals surface area (Å²) in [6, 6.07) is 10.4. The lowest BCUT2D eigenvalue weighted by Gasteiger charge is -2.15. The number of hydrogen-bond acceptors (Lipinski definition) is 3. The quantitative estimate of drug-likeness (QED) is 0.801. The summed E-state index contributed by atoms with van der Waals surface area (Å²) in [6.07, 6.45) is 2.24. The first-order valence-corrected chi connectivity index (χ1v) is 8.06. The Kier molecular flexibility index (Phi) is 5.43. The van der Waals surface area contributed by atoms with Gasteiger partial charge in [-0.05, 0) is 77.1 Å². The molecule has 0 aliphatic rings. The van der Waals surface area contributed by atoms with Crippen LogP contribution in [0.25, 0.3) is 0 Å². The molecule has 2 rings (SSSR count). The summed E-state index contributed by atoms with van der Waals surface area (Å²) in [5.74, 6) is 0. The first-order chi connectivity index (χ1) is 9.13. The van der Waals surface area contributed by atoms with Crippen molar-refractivity contribution in [2.45, 2.75) is 19.4 Å². The van der Waals surface area contributed by atoms with Gasteiger partial charge in [0.25, 0.3) is 0 Å². The van der Waals surface area contributed by atoms with Crippen molar-refractivity contribution in [3.63, 3.8) is 0 Å². The molecule has 0 aliphatic heterocycles. The molecule has 0 amide bonds. The number of rotatable bonds is 6. The first-order valence-electron chi connectivity index (χ1n) is 6.39. The van der Waals surface area contributed by atoms with E-state index in [1.165, 1.54) is 14.9 Å². The fourth-order valence-corrected chi connectivity index (χ4v) is 3.32. The number of benzene rings is 1. The summed E-state index contributed by atoms with van der Waals surface area (Å²) >= 11 is 5.25. The van der Waals surface area contributed by atoms with Crippen LogP contribution in [0.3, 0.4) is 0 Å². The van der Waals surface area contributed by atoms with Crippen molar-refractivity contribution in [3.05, 3.63) is 50.6 Å². The fourth-order valence-electron chi connectivity index (χ4n) is 2.12. The molecule has 0 spiro atoms. The molecule has 2 aromatic rings. The largest absolute Gasteiger partial charge is 0.399 e. The topological polar surface area (TPSA) is 29.3 Å². The molecule has 0 radical (unpaired) electrons. The van der Waals surface area contributed by atoms with E-state index < -0.39 is 0 Å². The molecule has 0 aliphatic carbocycles. The molecule has 19 heavy (non-hydrogen) atoms. The molecule has 0 unspecified atom stereocenters. The van der Waals surface area contributed by atoms with Crippen molar-refractivity contribution in [2.75, 3.05) is 19.3 Å². The van der Waals surface area contributed by atoms with Crippen LogP contribution in [0, 0.1) is 0 Å². The molecular formula is C15H19BrN2S. The van der Waals surface area contributed by atoms with Gasteiger partial charge >= 0.3 is 0 Å². The van der Waals surface area contributed by atoms with Crippen LogP contribution < -0.4 is 5.73 Å². The van der Waals surface area contributed by atoms with Gasteiger partial charge in [-0.2, -0.15) is 0 Å². The predicted molar refractivity (Wildman–Crippen MR) is 87.5 cm³/mol. The molecule has 1 heterocycles. The minimum absolute atomic E-state index is 0.856. The third-order valence-corrected chi connectivity index (χ3v) is 4.58. The minimum atomic E-state index is 0.856. The highest BCUT2D eigenvalue weighted by Gasteiger charge is 2.03. The Morgan fingerprint density at radius 1 is 1.26 bits per heavy atom. The standard InChI is InChI=1S/C15H19BrN2S/c1-18(10-13-9-15(16)19-11-13)7-3-5-12-4-2-6-14(17)8-12/h2,4,6,8-9,11H,3,5,7,10,17H2,1H3. The molecule has 102 valence electrons. The fraction of sp³-hybridized carbons (Fsp3) is 0.333. The smallest absolute Gasteiger partial charge is 0.0701 e. The van der Waals surface area contributed by atoms with Gasteiger partial charge < -0.3 is 10.6 Å². The summed E-state index contributed by atoms with van der Waals surface area (Å²) in [7, 11) is 2.17. The van der Waals surface area contributed by atoms with Crippen LogP contribution >= 0.6 is 27.3 Å². The van der Waals surface area contributed by atoms with Crippen LogP contribution in [0.15, 0.2) is 39.5 Å². The van der Waals surface area contributed by atoms with Crippen molar-refractivity contribution in [2.24, 2.45) is 0 Å². The van der Waals surface area contributed by atoms with Crippen LogP contribution in [-0.4, -0.2) is 18.5 Å². The van der Waals surface area contributed by atoms with Gasteiger partial charge in [-0.3, -0.25) is 0 Å². The summed E-state index contributed by atoms with van der Waals surface area (Å²) in [4.78, 5) is 2.36. The second-order valence-electron chi connectivity index (χ2n) is 4.85. The van der Waals surface area contributed by atoms with Crippen LogP contribution in [0.1, 0.15) is 17.5 Å². The lowest BCUT2D eigenvalue weighted by atomic mass is 10.1. The summed E-state index contributed by atoms with van der Waals surface area (Å²) in [5, 5.41) is 2.21. The molecule has 0 saturated carbocycles. The zero-order chi connectivity index (χ0) is 13.7. The van der Waals surface area contributed by atoms with E-state index in [2.05, 4.69) is 51.5 Å². The Bertz CT molecular complexity index is 524. The summed E-state index contributed by atoms with van der Waals surface area (Å²) in [5.41, 5.74) is 9.34. The van der Waals surface area contributed by atoms with E-state index in [0.717, 1.165) is 31.6 Å². The maximum absolute atomic E-state index is 5.78. The van der Waals surface area contributed by atoms with Crippen LogP contribution in [-0.2, 0) is 13.0 Å². The average molecular weight is 339 g/mol. The van der Waals surface area contributed by atoms with Gasteiger partial charge in [-0.1, -0.05) is 12.1 Å². The Balaban J connectivity index is 1.73. The Morgan fingerprint density at radius 3 is 2.79 bits per heavy atom. The average Bonchev–Trinajstić information content (AvgIpc) is 2.75. The monoisotopic (exact) mass is 338 g/mol. The van der Waals surface area contributed by atoms with Gasteiger partial charge in [0.15, 0.2) is 0 Å². The van der Waals surface area contributed by atoms with Crippen molar-refractivity contribution in [3.8, 4) is 0 Å². The molecule has 1 aromatic carbocycles. The second kappa shape index (κ2) is 7.08. The molecule has 4 heteroatoms. The third kappa shape index (κ3) is 4.97. The van der Waals surface area contributed by atoms with Gasteiger partial charge in [-0.25, -0.2) is 0 Å². The van der Waals surface area contributed by atoms with E-state index in [0.29, 0.717) is 0 Å². The highest BCUT2D eigenvalue weighted by atomic mass is 79.9. The number of nitrogens with zero attached hydrogens (tertiary/aromatic N) is 1. The summed E-state index contributed by atoms with van der Waals surface area (Å²) < 4.78 is 1.20. The molecule has 2 nitrogen and oxygen atoms in total. The second-order valence-corrected chi connectivity index (χ2v) is 7.14. The highest BCUT2D eigenvalue weighted by molar-refractivity contribution is 9.11. The zero-order valence-electron chi connectivity index (χ0n) is 11.1. The Morgan fingerprint density at radius 2 is 2.11 bits per heavy atom. The normalized spacial score (nSPS) is 11.1. The number of thiophene rings is 1. The van der Waals surface area contributed by atoms with Crippen molar-refractivity contribution >= 4 is 33.0 Å². The van der Waals surface area contributed by atoms with E-state index in [-0.39, 0.29) is 0 Å². The molecular weight excluding hydrogens is 320 g/mol. The maximum Gasteiger partial charge on any atom is 0.0701 e. The van der Waals surface area contributed by atoms with E-state index in [4.69, 9.17) is 5.73 Å². The van der Waals surface area contributed by atoms with E-state index in [1.807, 2.05) is 12.1 Å². The summed E-state index contributed by atoms with van der Waals surface area (Å²) in [6.45, 7) is 2.11. The Labute approximate surface area is 127 Å². The molecule has 1 aromatic heterocycles. The molecule has 0 atom stereocenters. The molecule has 0 fully saturated rings. The van der Waals surface area contributed by atoms with Crippen molar-refractivity contribution in [1.82, 2.24) is 4.90 Å². The lowest BCUT2D eigenvalue weighted by molar-refractivity contribution is 0.322. The maximum atomic E-state index is 5.78.